The van der Waals surface area contributed by atoms with Gasteiger partial charge in [-0.15, -0.1) is 0 Å². The van der Waals surface area contributed by atoms with Crippen LogP contribution in [0.25, 0.3) is 0 Å². The van der Waals surface area contributed by atoms with E-state index in [1.807, 2.05) is 58.9 Å². The molecule has 5 heteroatoms. The summed E-state index contributed by atoms with van der Waals surface area (Å²) in [6.45, 7) is 14.5. The maximum absolute atomic E-state index is 10.9. The molecule has 1 amide bonds. The van der Waals surface area contributed by atoms with Crippen molar-refractivity contribution in [1.82, 2.24) is 5.32 Å². The molecule has 152 valence electrons. The summed E-state index contributed by atoms with van der Waals surface area (Å²) in [5, 5.41) is 3.43. The number of rotatable bonds is 5. The van der Waals surface area contributed by atoms with Crippen molar-refractivity contribution in [3.63, 3.8) is 0 Å². The minimum atomic E-state index is -0.391. The van der Waals surface area contributed by atoms with Gasteiger partial charge >= 0.3 is 6.09 Å². The molecule has 0 aliphatic heterocycles. The van der Waals surface area contributed by atoms with Crippen LogP contribution in [0.15, 0.2) is 24.3 Å². The number of hydrogen-bond donors (Lipinski definition) is 2. The first-order valence-corrected chi connectivity index (χ1v) is 9.88. The molecule has 0 aliphatic carbocycles. The molecule has 0 saturated heterocycles. The van der Waals surface area contributed by atoms with E-state index >= 15 is 0 Å². The maximum atomic E-state index is 10.9. The van der Waals surface area contributed by atoms with Gasteiger partial charge in [0.25, 0.3) is 0 Å². The van der Waals surface area contributed by atoms with Gasteiger partial charge in [-0.05, 0) is 59.1 Å². The Balaban J connectivity index is 0. The third-order valence-electron chi connectivity index (χ3n) is 3.11. The fourth-order valence-corrected chi connectivity index (χ4v) is 1.78. The zero-order chi connectivity index (χ0) is 20.6. The van der Waals surface area contributed by atoms with E-state index in [1.54, 1.807) is 0 Å². The Labute approximate surface area is 165 Å². The standard InChI is InChI=1S/C8H17NO2.C7H7Cl.C6H15N/c1-5-6-9-7(10)11-8(2,3)4;1-6-2-4-7(8)5-3-6;1-3-5-6(7)4-2/h5-6H2,1-4H3,(H,9,10);2-5H,1H3;6H,3-5,7H2,1-2H3. The van der Waals surface area contributed by atoms with Crippen LogP contribution >= 0.6 is 11.6 Å². The summed E-state index contributed by atoms with van der Waals surface area (Å²) in [5.74, 6) is 0. The number of nitrogens with one attached hydrogen (secondary N) is 1. The number of carbonyl (C=O) groups excluding carboxylic acids is 1. The highest BCUT2D eigenvalue weighted by molar-refractivity contribution is 6.30. The predicted molar refractivity (Wildman–Crippen MR) is 114 cm³/mol. The zero-order valence-corrected chi connectivity index (χ0v) is 18.5. The molecule has 0 spiro atoms. The average Bonchev–Trinajstić information content (AvgIpc) is 2.55. The summed E-state index contributed by atoms with van der Waals surface area (Å²) in [4.78, 5) is 10.9. The van der Waals surface area contributed by atoms with Gasteiger partial charge in [0, 0.05) is 17.6 Å². The number of benzene rings is 1. The Morgan fingerprint density at radius 1 is 1.15 bits per heavy atom. The molecule has 0 heterocycles. The van der Waals surface area contributed by atoms with Gasteiger partial charge in [0.05, 0.1) is 0 Å². The van der Waals surface area contributed by atoms with Crippen LogP contribution in [-0.2, 0) is 4.74 Å². The van der Waals surface area contributed by atoms with Crippen molar-refractivity contribution in [3.05, 3.63) is 34.9 Å². The second-order valence-corrected chi connectivity index (χ2v) is 7.62. The zero-order valence-electron chi connectivity index (χ0n) is 17.7. The van der Waals surface area contributed by atoms with Gasteiger partial charge in [-0.25, -0.2) is 4.79 Å². The van der Waals surface area contributed by atoms with Gasteiger partial charge in [-0.1, -0.05) is 56.5 Å². The Hall–Kier alpha value is -1.26. The maximum Gasteiger partial charge on any atom is 0.407 e. The number of ether oxygens (including phenoxy) is 1. The van der Waals surface area contributed by atoms with E-state index in [-0.39, 0.29) is 6.09 Å². The lowest BCUT2D eigenvalue weighted by Gasteiger charge is -2.19. The molecule has 1 rings (SSSR count). The van der Waals surface area contributed by atoms with E-state index in [0.29, 0.717) is 12.6 Å². The van der Waals surface area contributed by atoms with Crippen LogP contribution in [-0.4, -0.2) is 24.3 Å². The number of hydrogen-bond acceptors (Lipinski definition) is 3. The van der Waals surface area contributed by atoms with Gasteiger partial charge in [0.1, 0.15) is 5.60 Å². The first kappa shape index (κ1) is 27.0. The molecule has 0 radical (unpaired) electrons. The Morgan fingerprint density at radius 2 is 1.69 bits per heavy atom. The molecule has 0 fully saturated rings. The van der Waals surface area contributed by atoms with Crippen LogP contribution in [0.4, 0.5) is 4.79 Å². The van der Waals surface area contributed by atoms with E-state index < -0.39 is 5.60 Å². The van der Waals surface area contributed by atoms with Crippen molar-refractivity contribution in [2.75, 3.05) is 6.54 Å². The summed E-state index contributed by atoms with van der Waals surface area (Å²) < 4.78 is 4.99. The molecule has 0 bridgehead atoms. The van der Waals surface area contributed by atoms with Crippen LogP contribution in [0.1, 0.15) is 72.8 Å². The summed E-state index contributed by atoms with van der Waals surface area (Å²) in [6, 6.07) is 8.20. The summed E-state index contributed by atoms with van der Waals surface area (Å²) in [6.07, 6.45) is 4.11. The van der Waals surface area contributed by atoms with Crippen LogP contribution in [0.3, 0.4) is 0 Å². The third kappa shape index (κ3) is 20.8. The van der Waals surface area contributed by atoms with E-state index in [4.69, 9.17) is 22.1 Å². The van der Waals surface area contributed by atoms with Crippen LogP contribution < -0.4 is 11.1 Å². The van der Waals surface area contributed by atoms with Crippen molar-refractivity contribution >= 4 is 17.7 Å². The second kappa shape index (κ2) is 16.0. The lowest BCUT2D eigenvalue weighted by molar-refractivity contribution is 0.0528. The van der Waals surface area contributed by atoms with Crippen molar-refractivity contribution in [2.45, 2.75) is 85.8 Å². The van der Waals surface area contributed by atoms with E-state index in [0.717, 1.165) is 17.9 Å². The quantitative estimate of drug-likeness (QED) is 0.643. The second-order valence-electron chi connectivity index (χ2n) is 7.18. The van der Waals surface area contributed by atoms with Crippen molar-refractivity contribution < 1.29 is 9.53 Å². The molecule has 3 N–H and O–H groups in total. The Morgan fingerprint density at radius 3 is 2.00 bits per heavy atom. The van der Waals surface area contributed by atoms with Gasteiger partial charge < -0.3 is 15.8 Å². The summed E-state index contributed by atoms with van der Waals surface area (Å²) >= 11 is 5.61. The molecule has 26 heavy (non-hydrogen) atoms. The average molecular weight is 387 g/mol. The molecular weight excluding hydrogens is 348 g/mol. The number of nitrogens with two attached hydrogens (primary N) is 1. The molecule has 0 aromatic heterocycles. The molecule has 0 saturated carbocycles. The summed E-state index contributed by atoms with van der Waals surface area (Å²) in [7, 11) is 0. The number of alkyl carbamates (subject to hydrolysis) is 1. The molecule has 1 aromatic carbocycles. The first-order chi connectivity index (χ1) is 12.1. The topological polar surface area (TPSA) is 64.3 Å². The summed E-state index contributed by atoms with van der Waals surface area (Å²) in [5.41, 5.74) is 6.44. The minimum absolute atomic E-state index is 0.334. The van der Waals surface area contributed by atoms with Crippen LogP contribution in [0.2, 0.25) is 5.02 Å². The molecule has 1 aromatic rings. The van der Waals surface area contributed by atoms with Crippen molar-refractivity contribution in [3.8, 4) is 0 Å². The largest absolute Gasteiger partial charge is 0.444 e. The monoisotopic (exact) mass is 386 g/mol. The number of carbonyl (C=O) groups is 1. The SMILES string of the molecule is CCCC(N)CC.CCCNC(=O)OC(C)(C)C.Cc1ccc(Cl)cc1. The van der Waals surface area contributed by atoms with Crippen LogP contribution in [0.5, 0.6) is 0 Å². The molecular formula is C21H39ClN2O2. The molecule has 1 unspecified atom stereocenters. The number of halogens is 1. The Bertz CT molecular complexity index is 435. The van der Waals surface area contributed by atoms with Crippen molar-refractivity contribution in [1.29, 1.82) is 0 Å². The highest BCUT2D eigenvalue weighted by atomic mass is 35.5. The fourth-order valence-electron chi connectivity index (χ4n) is 1.65. The fraction of sp³-hybridized carbons (Fsp3) is 0.667. The van der Waals surface area contributed by atoms with E-state index in [9.17, 15) is 4.79 Å². The molecule has 1 atom stereocenters. The minimum Gasteiger partial charge on any atom is -0.444 e. The molecule has 4 nitrogen and oxygen atoms in total. The molecule has 0 aliphatic rings. The predicted octanol–water partition coefficient (Wildman–Crippen LogP) is 6.09. The first-order valence-electron chi connectivity index (χ1n) is 9.50. The normalized spacial score (nSPS) is 11.3. The number of amides is 1. The van der Waals surface area contributed by atoms with Gasteiger partial charge in [-0.2, -0.15) is 0 Å². The van der Waals surface area contributed by atoms with Gasteiger partial charge in [0.15, 0.2) is 0 Å². The number of aryl methyl sites for hydroxylation is 1. The van der Waals surface area contributed by atoms with E-state index in [2.05, 4.69) is 19.2 Å². The Kier molecular flexibility index (Phi) is 16.5. The van der Waals surface area contributed by atoms with Crippen molar-refractivity contribution in [2.24, 2.45) is 5.73 Å². The lowest BCUT2D eigenvalue weighted by atomic mass is 10.1. The third-order valence-corrected chi connectivity index (χ3v) is 3.36. The van der Waals surface area contributed by atoms with Gasteiger partial charge in [0.2, 0.25) is 0 Å². The van der Waals surface area contributed by atoms with E-state index in [1.165, 1.54) is 18.4 Å². The lowest BCUT2D eigenvalue weighted by Crippen LogP contribution is -2.32. The highest BCUT2D eigenvalue weighted by Gasteiger charge is 2.14. The highest BCUT2D eigenvalue weighted by Crippen LogP contribution is 2.07. The van der Waals surface area contributed by atoms with Gasteiger partial charge in [-0.3, -0.25) is 0 Å². The van der Waals surface area contributed by atoms with Crippen LogP contribution in [0, 0.1) is 6.92 Å². The smallest absolute Gasteiger partial charge is 0.407 e.